The van der Waals surface area contributed by atoms with Crippen molar-refractivity contribution in [3.8, 4) is 5.75 Å². The first-order valence-electron chi connectivity index (χ1n) is 19.3. The van der Waals surface area contributed by atoms with Crippen LogP contribution in [0.15, 0.2) is 48.6 Å². The van der Waals surface area contributed by atoms with Gasteiger partial charge >= 0.3 is 6.09 Å². The van der Waals surface area contributed by atoms with E-state index in [1.165, 1.54) is 11.0 Å². The van der Waals surface area contributed by atoms with E-state index in [0.717, 1.165) is 6.42 Å². The molecule has 0 radical (unpaired) electrons. The number of fused-ring (bicyclic) bond motifs is 5. The fourth-order valence-corrected chi connectivity index (χ4v) is 9.41. The number of alkyl halides is 2. The minimum atomic E-state index is -4.09. The van der Waals surface area contributed by atoms with E-state index in [1.54, 1.807) is 64.1 Å². The molecular formula is C40H49F2N5O8S. The summed E-state index contributed by atoms with van der Waals surface area (Å²) in [5.41, 5.74) is -3.60. The molecule has 3 aliphatic heterocycles. The van der Waals surface area contributed by atoms with Crippen molar-refractivity contribution in [2.45, 2.75) is 132 Å². The molecule has 5 aliphatic rings. The van der Waals surface area contributed by atoms with E-state index >= 15 is 0 Å². The van der Waals surface area contributed by atoms with Crippen LogP contribution in [0, 0.1) is 5.92 Å². The van der Waals surface area contributed by atoms with Crippen LogP contribution in [-0.4, -0.2) is 82.2 Å². The second kappa shape index (κ2) is 14.4. The van der Waals surface area contributed by atoms with Gasteiger partial charge in [-0.05, 0) is 78.7 Å². The maximum Gasteiger partial charge on any atom is 0.408 e. The van der Waals surface area contributed by atoms with Gasteiger partial charge in [-0.25, -0.2) is 27.0 Å². The summed E-state index contributed by atoms with van der Waals surface area (Å²) >= 11 is 0. The highest BCUT2D eigenvalue weighted by Crippen LogP contribution is 2.47. The van der Waals surface area contributed by atoms with Gasteiger partial charge in [0.2, 0.25) is 21.8 Å². The molecule has 13 nitrogen and oxygen atoms in total. The Kier molecular flexibility index (Phi) is 10.2. The van der Waals surface area contributed by atoms with Crippen LogP contribution in [0.1, 0.15) is 103 Å². The highest BCUT2D eigenvalue weighted by Gasteiger charge is 2.58. The van der Waals surface area contributed by atoms with Crippen LogP contribution in [0.4, 0.5) is 13.6 Å². The number of halogens is 2. The molecule has 4 amide bonds. The lowest BCUT2D eigenvalue weighted by Crippen LogP contribution is -2.67. The summed E-state index contributed by atoms with van der Waals surface area (Å²) in [7, 11) is -4.09. The molecule has 0 unspecified atom stereocenters. The third-order valence-corrected chi connectivity index (χ3v) is 13.8. The minimum Gasteiger partial charge on any atom is -0.483 e. The van der Waals surface area contributed by atoms with Gasteiger partial charge in [-0.15, -0.1) is 0 Å². The number of benzene rings is 1. The van der Waals surface area contributed by atoms with Crippen LogP contribution in [0.2, 0.25) is 0 Å². The lowest BCUT2D eigenvalue weighted by atomic mass is 9.73. The Bertz CT molecular complexity index is 2120. The summed E-state index contributed by atoms with van der Waals surface area (Å²) in [6, 6.07) is 4.50. The summed E-state index contributed by atoms with van der Waals surface area (Å²) in [4.78, 5) is 62.1. The Morgan fingerprint density at radius 1 is 1.09 bits per heavy atom. The number of rotatable bonds is 5. The number of para-hydroxylation sites is 1. The largest absolute Gasteiger partial charge is 0.483 e. The zero-order valence-corrected chi connectivity index (χ0v) is 32.8. The molecule has 1 spiro atoms. The molecular weight excluding hydrogens is 749 g/mol. The maximum absolute atomic E-state index is 14.7. The van der Waals surface area contributed by atoms with Crippen LogP contribution >= 0.6 is 0 Å². The lowest BCUT2D eigenvalue weighted by Gasteiger charge is -2.42. The molecule has 1 aromatic heterocycles. The molecule has 3 N–H and O–H groups in total. The van der Waals surface area contributed by atoms with E-state index in [-0.39, 0.29) is 38.0 Å². The number of nitrogens with zero attached hydrogens (tertiary/aromatic N) is 2. The number of sulfonamides is 1. The molecule has 0 bridgehead atoms. The van der Waals surface area contributed by atoms with Crippen molar-refractivity contribution < 1.29 is 45.9 Å². The first-order chi connectivity index (χ1) is 26.4. The maximum atomic E-state index is 14.7. The van der Waals surface area contributed by atoms with Crippen molar-refractivity contribution in [2.24, 2.45) is 5.92 Å². The molecule has 2 aromatic rings. The van der Waals surface area contributed by atoms with Gasteiger partial charge in [0, 0.05) is 23.3 Å². The van der Waals surface area contributed by atoms with E-state index in [1.807, 2.05) is 6.08 Å². The Hall–Kier alpha value is -4.60. The second-order valence-electron chi connectivity index (χ2n) is 17.0. The molecule has 5 atom stereocenters. The van der Waals surface area contributed by atoms with Gasteiger partial charge in [0.15, 0.2) is 5.75 Å². The van der Waals surface area contributed by atoms with E-state index in [2.05, 4.69) is 20.3 Å². The molecule has 7 rings (SSSR count). The third kappa shape index (κ3) is 7.48. The normalized spacial score (nSPS) is 29.4. The van der Waals surface area contributed by atoms with E-state index in [4.69, 9.17) is 9.47 Å². The molecule has 302 valence electrons. The van der Waals surface area contributed by atoms with Gasteiger partial charge in [-0.3, -0.25) is 19.1 Å². The topological polar surface area (TPSA) is 173 Å². The van der Waals surface area contributed by atoms with Gasteiger partial charge in [-0.1, -0.05) is 55.3 Å². The summed E-state index contributed by atoms with van der Waals surface area (Å²) in [5, 5.41) is 6.18. The molecule has 16 heteroatoms. The number of carbonyl (C=O) groups excluding carboxylic acids is 4. The van der Waals surface area contributed by atoms with Crippen molar-refractivity contribution in [1.29, 1.82) is 0 Å². The van der Waals surface area contributed by atoms with Crippen molar-refractivity contribution in [3.05, 3.63) is 59.8 Å². The van der Waals surface area contributed by atoms with Crippen molar-refractivity contribution >= 4 is 44.7 Å². The first-order valence-corrected chi connectivity index (χ1v) is 20.8. The average molecular weight is 798 g/mol. The van der Waals surface area contributed by atoms with Gasteiger partial charge < -0.3 is 25.0 Å². The molecule has 1 saturated heterocycles. The van der Waals surface area contributed by atoms with Crippen LogP contribution in [0.25, 0.3) is 10.9 Å². The van der Waals surface area contributed by atoms with Gasteiger partial charge in [0.25, 0.3) is 12.3 Å². The number of alkyl carbamates (subject to hydrolysis) is 1. The predicted molar refractivity (Wildman–Crippen MR) is 202 cm³/mol. The minimum absolute atomic E-state index is 0.0919. The summed E-state index contributed by atoms with van der Waals surface area (Å²) in [6.45, 7) is 6.43. The number of aryl methyl sites for hydroxylation is 1. The zero-order valence-electron chi connectivity index (χ0n) is 32.0. The number of ether oxygens (including phenoxy) is 2. The Labute approximate surface area is 325 Å². The number of nitrogens with one attached hydrogen (secondary N) is 3. The number of carbonyl (C=O) groups is 4. The molecule has 2 aliphatic carbocycles. The number of hydrogen-bond acceptors (Lipinski definition) is 9. The second-order valence-corrected chi connectivity index (χ2v) is 19.2. The fourth-order valence-electron chi connectivity index (χ4n) is 8.11. The summed E-state index contributed by atoms with van der Waals surface area (Å²) in [6.07, 6.45) is 6.94. The van der Waals surface area contributed by atoms with E-state index in [9.17, 15) is 36.4 Å². The van der Waals surface area contributed by atoms with Gasteiger partial charge in [0.1, 0.15) is 34.5 Å². The number of aromatic nitrogens is 1. The van der Waals surface area contributed by atoms with Gasteiger partial charge in [-0.2, -0.15) is 0 Å². The zero-order chi connectivity index (χ0) is 40.3. The fraction of sp³-hybridized carbons (Fsp3) is 0.575. The third-order valence-electron chi connectivity index (χ3n) is 11.6. The highest BCUT2D eigenvalue weighted by atomic mass is 32.2. The van der Waals surface area contributed by atoms with Crippen molar-refractivity contribution in [2.75, 3.05) is 6.54 Å². The Morgan fingerprint density at radius 2 is 1.84 bits per heavy atom. The first kappa shape index (κ1) is 39.6. The number of amides is 4. The molecule has 1 saturated carbocycles. The molecule has 4 heterocycles. The Balaban J connectivity index is 1.27. The summed E-state index contributed by atoms with van der Waals surface area (Å²) in [5.74, 6) is -3.10. The van der Waals surface area contributed by atoms with Crippen LogP contribution in [0.5, 0.6) is 5.75 Å². The SMILES string of the molecule is CC(C)(C)OC(=O)N[C@H]1CCCCC/C=C\[C@@H]2C=C[C@@]2(C(=O)NS(=O)(=O)C2(C)CC2)NC(=O)[C@@H]2C[C@]3(CCc4c(c(C(F)F)nc5ccccc45)O3)CN2C1=O. The molecule has 56 heavy (non-hydrogen) atoms. The van der Waals surface area contributed by atoms with Crippen LogP contribution in [0.3, 0.4) is 0 Å². The van der Waals surface area contributed by atoms with Gasteiger partial charge in [0.05, 0.1) is 16.8 Å². The quantitative estimate of drug-likeness (QED) is 0.340. The molecule has 2 fully saturated rings. The summed E-state index contributed by atoms with van der Waals surface area (Å²) < 4.78 is 68.9. The van der Waals surface area contributed by atoms with E-state index < -0.39 is 85.4 Å². The highest BCUT2D eigenvalue weighted by molar-refractivity contribution is 7.91. The molecule has 1 aromatic carbocycles. The lowest BCUT2D eigenvalue weighted by molar-refractivity contribution is -0.142. The van der Waals surface area contributed by atoms with E-state index in [0.29, 0.717) is 48.6 Å². The Morgan fingerprint density at radius 3 is 2.52 bits per heavy atom. The van der Waals surface area contributed by atoms with Crippen molar-refractivity contribution in [1.82, 2.24) is 25.2 Å². The van der Waals surface area contributed by atoms with Crippen LogP contribution < -0.4 is 20.1 Å². The smallest absolute Gasteiger partial charge is 0.408 e. The number of allylic oxidation sites excluding steroid dienone is 1. The number of hydrogen-bond donors (Lipinski definition) is 3. The average Bonchev–Trinajstić information content (AvgIpc) is 3.78. The predicted octanol–water partition coefficient (Wildman–Crippen LogP) is 5.29. The standard InChI is InChI=1S/C40H49F2N5O8S/c1-37(2,3)55-36(51)44-28-15-9-7-5-6-8-12-24-16-19-40(24,35(50)46-56(52,53)38(4)20-21-38)45-33(48)29-22-39(23-47(29)34(28)49)18-17-26-25-13-10-11-14-27(25)43-30(32(41)42)31(26)54-39/h8,10-14,16,19,24,28-29,32H,5-7,9,15,17-18,20-23H2,1-4H3,(H,44,51)(H,45,48)(H,46,50)/b12-8-/t24-,28+,29+,39-,40-/m1/s1. The number of pyridine rings is 1. The monoisotopic (exact) mass is 797 g/mol. The van der Waals surface area contributed by atoms with Crippen molar-refractivity contribution in [3.63, 3.8) is 0 Å². The van der Waals surface area contributed by atoms with Crippen LogP contribution in [-0.2, 0) is 35.6 Å².